The van der Waals surface area contributed by atoms with Crippen LogP contribution in [0.5, 0.6) is 0 Å². The van der Waals surface area contributed by atoms with Crippen LogP contribution in [0, 0.1) is 0 Å². The van der Waals surface area contributed by atoms with Crippen molar-refractivity contribution in [1.29, 1.82) is 0 Å². The third-order valence-electron chi connectivity index (χ3n) is 5.58. The number of nitrogens with zero attached hydrogens (tertiary/aromatic N) is 3. The zero-order chi connectivity index (χ0) is 24.0. The summed E-state index contributed by atoms with van der Waals surface area (Å²) >= 11 is 0. The third kappa shape index (κ3) is 6.42. The Morgan fingerprint density at radius 3 is 2.36 bits per heavy atom. The van der Waals surface area contributed by atoms with Gasteiger partial charge in [-0.2, -0.15) is 9.40 Å². The molecule has 1 fully saturated rings. The molecule has 180 valence electrons. The molecule has 1 N–H and O–H groups in total. The predicted octanol–water partition coefficient (Wildman–Crippen LogP) is 3.14. The first-order valence-electron chi connectivity index (χ1n) is 11.3. The first kappa shape index (κ1) is 24.9. The minimum Gasteiger partial charge on any atom is -0.453 e. The van der Waals surface area contributed by atoms with Crippen LogP contribution in [0.1, 0.15) is 58.1 Å². The standard InChI is InChI=1S/C23H32N4O5S/c1-17(2)27-21(13-14-24-27)25-23(29)18(3)32-22(28)12-9-19-7-10-20(11-8-19)33(30,31)26-15-5-4-6-16-26/h7-8,10-11,13-14,17-18H,4-6,9,12,15-16H2,1-3H3,(H,25,29). The Balaban J connectivity index is 1.49. The lowest BCUT2D eigenvalue weighted by atomic mass is 10.1. The molecule has 2 heterocycles. The highest BCUT2D eigenvalue weighted by atomic mass is 32.2. The normalized spacial score (nSPS) is 15.9. The molecule has 9 nitrogen and oxygen atoms in total. The summed E-state index contributed by atoms with van der Waals surface area (Å²) in [6, 6.07) is 8.36. The number of sulfonamides is 1. The number of aromatic nitrogens is 2. The number of hydrogen-bond donors (Lipinski definition) is 1. The van der Waals surface area contributed by atoms with E-state index in [-0.39, 0.29) is 17.4 Å². The van der Waals surface area contributed by atoms with Crippen LogP contribution in [0.15, 0.2) is 41.4 Å². The molecular formula is C23H32N4O5S. The van der Waals surface area contributed by atoms with Gasteiger partial charge in [-0.3, -0.25) is 9.59 Å². The fraction of sp³-hybridized carbons (Fsp3) is 0.522. The van der Waals surface area contributed by atoms with Crippen LogP contribution < -0.4 is 5.32 Å². The number of rotatable bonds is 9. The number of benzene rings is 1. The van der Waals surface area contributed by atoms with E-state index in [2.05, 4.69) is 10.4 Å². The Hall–Kier alpha value is -2.72. The molecule has 1 amide bonds. The van der Waals surface area contributed by atoms with Crippen molar-refractivity contribution in [2.24, 2.45) is 0 Å². The number of anilines is 1. The average molecular weight is 477 g/mol. The molecule has 0 saturated carbocycles. The van der Waals surface area contributed by atoms with Crippen molar-refractivity contribution in [3.63, 3.8) is 0 Å². The zero-order valence-electron chi connectivity index (χ0n) is 19.4. The van der Waals surface area contributed by atoms with E-state index >= 15 is 0 Å². The van der Waals surface area contributed by atoms with E-state index in [0.717, 1.165) is 24.8 Å². The fourth-order valence-electron chi connectivity index (χ4n) is 3.69. The summed E-state index contributed by atoms with van der Waals surface area (Å²) in [7, 11) is -3.47. The van der Waals surface area contributed by atoms with Gasteiger partial charge in [-0.25, -0.2) is 13.1 Å². The second kappa shape index (κ2) is 10.9. The number of piperidine rings is 1. The maximum absolute atomic E-state index is 12.7. The molecule has 0 spiro atoms. The molecule has 1 aromatic carbocycles. The van der Waals surface area contributed by atoms with Crippen LogP contribution >= 0.6 is 0 Å². The van der Waals surface area contributed by atoms with Crippen molar-refractivity contribution in [1.82, 2.24) is 14.1 Å². The average Bonchev–Trinajstić information content (AvgIpc) is 3.27. The molecule has 33 heavy (non-hydrogen) atoms. The summed E-state index contributed by atoms with van der Waals surface area (Å²) in [5.41, 5.74) is 0.822. The summed E-state index contributed by atoms with van der Waals surface area (Å²) in [4.78, 5) is 24.9. The number of hydrogen-bond acceptors (Lipinski definition) is 6. The maximum Gasteiger partial charge on any atom is 0.306 e. The molecule has 0 radical (unpaired) electrons. The van der Waals surface area contributed by atoms with Crippen LogP contribution in [0.3, 0.4) is 0 Å². The van der Waals surface area contributed by atoms with Gasteiger partial charge in [-0.15, -0.1) is 0 Å². The topological polar surface area (TPSA) is 111 Å². The van der Waals surface area contributed by atoms with Crippen LogP contribution in [-0.2, 0) is 30.8 Å². The number of aryl methyl sites for hydroxylation is 1. The zero-order valence-corrected chi connectivity index (χ0v) is 20.2. The Labute approximate surface area is 195 Å². The van der Waals surface area contributed by atoms with Crippen molar-refractivity contribution in [2.45, 2.75) is 69.9 Å². The van der Waals surface area contributed by atoms with E-state index in [0.29, 0.717) is 25.3 Å². The smallest absolute Gasteiger partial charge is 0.306 e. The van der Waals surface area contributed by atoms with Crippen molar-refractivity contribution >= 4 is 27.7 Å². The number of nitrogens with one attached hydrogen (secondary N) is 1. The predicted molar refractivity (Wildman–Crippen MR) is 124 cm³/mol. The quantitative estimate of drug-likeness (QED) is 0.557. The highest BCUT2D eigenvalue weighted by molar-refractivity contribution is 7.89. The van der Waals surface area contributed by atoms with Gasteiger partial charge in [0.1, 0.15) is 5.82 Å². The lowest BCUT2D eigenvalue weighted by Gasteiger charge is -2.25. The molecule has 1 aliphatic heterocycles. The molecule has 1 aromatic heterocycles. The second-order valence-electron chi connectivity index (χ2n) is 8.48. The van der Waals surface area contributed by atoms with Gasteiger partial charge in [-0.05, 0) is 57.7 Å². The number of carbonyl (C=O) groups is 2. The lowest BCUT2D eigenvalue weighted by molar-refractivity contribution is -0.153. The van der Waals surface area contributed by atoms with Crippen LogP contribution in [-0.4, -0.2) is 53.6 Å². The van der Waals surface area contributed by atoms with Crippen molar-refractivity contribution < 1.29 is 22.7 Å². The summed E-state index contributed by atoms with van der Waals surface area (Å²) < 4.78 is 33.9. The largest absolute Gasteiger partial charge is 0.453 e. The van der Waals surface area contributed by atoms with Gasteiger partial charge < -0.3 is 10.1 Å². The van der Waals surface area contributed by atoms with Crippen molar-refractivity contribution in [3.8, 4) is 0 Å². The van der Waals surface area contributed by atoms with E-state index in [4.69, 9.17) is 4.74 Å². The van der Waals surface area contributed by atoms with Gasteiger partial charge >= 0.3 is 5.97 Å². The summed E-state index contributed by atoms with van der Waals surface area (Å²) in [5.74, 6) is -0.393. The highest BCUT2D eigenvalue weighted by Gasteiger charge is 2.26. The van der Waals surface area contributed by atoms with Crippen molar-refractivity contribution in [2.75, 3.05) is 18.4 Å². The van der Waals surface area contributed by atoms with Gasteiger partial charge in [-0.1, -0.05) is 18.6 Å². The number of esters is 1. The number of carbonyl (C=O) groups excluding carboxylic acids is 2. The molecule has 0 aliphatic carbocycles. The van der Waals surface area contributed by atoms with Crippen LogP contribution in [0.2, 0.25) is 0 Å². The van der Waals surface area contributed by atoms with Crippen molar-refractivity contribution in [3.05, 3.63) is 42.1 Å². The summed E-state index contributed by atoms with van der Waals surface area (Å²) in [5, 5.41) is 6.88. The fourth-order valence-corrected chi connectivity index (χ4v) is 5.21. The second-order valence-corrected chi connectivity index (χ2v) is 10.4. The van der Waals surface area contributed by atoms with Gasteiger partial charge in [0.25, 0.3) is 5.91 Å². The van der Waals surface area contributed by atoms with Gasteiger partial charge in [0, 0.05) is 31.6 Å². The third-order valence-corrected chi connectivity index (χ3v) is 7.49. The Morgan fingerprint density at radius 1 is 1.06 bits per heavy atom. The van der Waals surface area contributed by atoms with Crippen LogP contribution in [0.25, 0.3) is 0 Å². The molecule has 2 aromatic rings. The first-order chi connectivity index (χ1) is 15.7. The molecule has 1 unspecified atom stereocenters. The maximum atomic E-state index is 12.7. The van der Waals surface area contributed by atoms with Gasteiger partial charge in [0.2, 0.25) is 10.0 Å². The van der Waals surface area contributed by atoms with E-state index in [1.807, 2.05) is 13.8 Å². The van der Waals surface area contributed by atoms with E-state index in [1.54, 1.807) is 41.2 Å². The van der Waals surface area contributed by atoms with E-state index in [9.17, 15) is 18.0 Å². The summed E-state index contributed by atoms with van der Waals surface area (Å²) in [6.07, 6.45) is 3.94. The van der Waals surface area contributed by atoms with E-state index in [1.165, 1.54) is 11.2 Å². The Bertz CT molecular complexity index is 1060. The first-order valence-corrected chi connectivity index (χ1v) is 12.8. The Kier molecular flexibility index (Phi) is 8.25. The SMILES string of the molecule is CC(OC(=O)CCc1ccc(S(=O)(=O)N2CCCCC2)cc1)C(=O)Nc1ccnn1C(C)C. The molecule has 3 rings (SSSR count). The van der Waals surface area contributed by atoms with Crippen LogP contribution in [0.4, 0.5) is 5.82 Å². The molecule has 10 heteroatoms. The molecule has 1 atom stereocenters. The number of amides is 1. The highest BCUT2D eigenvalue weighted by Crippen LogP contribution is 2.21. The number of ether oxygens (including phenoxy) is 1. The Morgan fingerprint density at radius 2 is 1.73 bits per heavy atom. The summed E-state index contributed by atoms with van der Waals surface area (Å²) in [6.45, 7) is 6.52. The lowest BCUT2D eigenvalue weighted by Crippen LogP contribution is -2.35. The minimum atomic E-state index is -3.47. The minimum absolute atomic E-state index is 0.0781. The van der Waals surface area contributed by atoms with E-state index < -0.39 is 28.0 Å². The molecular weight excluding hydrogens is 444 g/mol. The molecule has 1 saturated heterocycles. The molecule has 1 aliphatic rings. The molecule has 0 bridgehead atoms. The monoisotopic (exact) mass is 476 g/mol. The van der Waals surface area contributed by atoms with Gasteiger partial charge in [0.05, 0.1) is 11.1 Å². The van der Waals surface area contributed by atoms with Gasteiger partial charge in [0.15, 0.2) is 6.10 Å².